The molecule has 0 spiro atoms. The van der Waals surface area contributed by atoms with Crippen LogP contribution in [0.5, 0.6) is 0 Å². The third kappa shape index (κ3) is 5.04. The number of aliphatic hydroxyl groups excluding tert-OH is 1. The van der Waals surface area contributed by atoms with Gasteiger partial charge in [0.25, 0.3) is 0 Å². The molecule has 0 aromatic heterocycles. The van der Waals surface area contributed by atoms with Gasteiger partial charge in [-0.25, -0.2) is 0 Å². The van der Waals surface area contributed by atoms with Gasteiger partial charge in [-0.15, -0.1) is 0 Å². The van der Waals surface area contributed by atoms with Crippen LogP contribution in [-0.4, -0.2) is 54.2 Å². The molecule has 1 aliphatic rings. The van der Waals surface area contributed by atoms with Crippen LogP contribution in [0.2, 0.25) is 0 Å². The van der Waals surface area contributed by atoms with Gasteiger partial charge in [-0.2, -0.15) is 5.26 Å². The SMILES string of the molecule is CCCCCC(c1ccc(C#N)c(C)c1)N1CCN(CCO)CC1. The van der Waals surface area contributed by atoms with Gasteiger partial charge in [0.2, 0.25) is 0 Å². The molecule has 1 heterocycles. The number of β-amino-alcohol motifs (C(OH)–C–C–N with tert-alkyl or cyclic N) is 1. The van der Waals surface area contributed by atoms with Crippen molar-refractivity contribution < 1.29 is 5.11 Å². The number of rotatable bonds is 8. The van der Waals surface area contributed by atoms with Crippen molar-refractivity contribution in [2.75, 3.05) is 39.3 Å². The maximum absolute atomic E-state index is 9.16. The van der Waals surface area contributed by atoms with Crippen molar-refractivity contribution in [2.45, 2.75) is 45.6 Å². The second-order valence-corrected chi connectivity index (χ2v) is 6.80. The van der Waals surface area contributed by atoms with Gasteiger partial charge in [-0.3, -0.25) is 9.80 Å². The molecule has 2 rings (SSSR count). The molecular formula is C20H31N3O. The summed E-state index contributed by atoms with van der Waals surface area (Å²) in [5, 5.41) is 18.3. The number of nitrogens with zero attached hydrogens (tertiary/aromatic N) is 3. The molecule has 0 aliphatic carbocycles. The lowest BCUT2D eigenvalue weighted by Crippen LogP contribution is -2.48. The van der Waals surface area contributed by atoms with Gasteiger partial charge in [0, 0.05) is 38.8 Å². The van der Waals surface area contributed by atoms with Crippen molar-refractivity contribution in [1.82, 2.24) is 9.80 Å². The average molecular weight is 329 g/mol. The maximum Gasteiger partial charge on any atom is 0.0994 e. The van der Waals surface area contributed by atoms with Crippen LogP contribution in [0.25, 0.3) is 0 Å². The number of benzene rings is 1. The molecule has 0 radical (unpaired) electrons. The van der Waals surface area contributed by atoms with E-state index < -0.39 is 0 Å². The lowest BCUT2D eigenvalue weighted by Gasteiger charge is -2.39. The Morgan fingerprint density at radius 2 is 1.96 bits per heavy atom. The Morgan fingerprint density at radius 1 is 1.21 bits per heavy atom. The highest BCUT2D eigenvalue weighted by molar-refractivity contribution is 5.40. The second kappa shape index (κ2) is 9.78. The van der Waals surface area contributed by atoms with Crippen molar-refractivity contribution >= 4 is 0 Å². The summed E-state index contributed by atoms with van der Waals surface area (Å²) in [6, 6.07) is 9.03. The molecule has 0 saturated carbocycles. The first-order valence-corrected chi connectivity index (χ1v) is 9.27. The van der Waals surface area contributed by atoms with E-state index in [4.69, 9.17) is 10.4 Å². The van der Waals surface area contributed by atoms with Crippen molar-refractivity contribution in [3.8, 4) is 6.07 Å². The quantitative estimate of drug-likeness (QED) is 0.745. The highest BCUT2D eigenvalue weighted by Gasteiger charge is 2.24. The molecule has 1 N–H and O–H groups in total. The number of aryl methyl sites for hydroxylation is 1. The largest absolute Gasteiger partial charge is 0.395 e. The molecule has 1 fully saturated rings. The molecule has 4 nitrogen and oxygen atoms in total. The highest BCUT2D eigenvalue weighted by atomic mass is 16.3. The van der Waals surface area contributed by atoms with Crippen molar-refractivity contribution in [1.29, 1.82) is 5.26 Å². The predicted octanol–water partition coefficient (Wildman–Crippen LogP) is 3.10. The fraction of sp³-hybridized carbons (Fsp3) is 0.650. The second-order valence-electron chi connectivity index (χ2n) is 6.80. The Kier molecular flexibility index (Phi) is 7.71. The van der Waals surface area contributed by atoms with Crippen LogP contribution in [-0.2, 0) is 0 Å². The molecule has 4 heteroatoms. The van der Waals surface area contributed by atoms with Crippen molar-refractivity contribution in [3.63, 3.8) is 0 Å². The summed E-state index contributed by atoms with van der Waals surface area (Å²) in [5.41, 5.74) is 3.20. The molecule has 1 saturated heterocycles. The van der Waals surface area contributed by atoms with Crippen LogP contribution in [0.15, 0.2) is 18.2 Å². The maximum atomic E-state index is 9.16. The number of hydrogen-bond acceptors (Lipinski definition) is 4. The summed E-state index contributed by atoms with van der Waals surface area (Å²) in [7, 11) is 0. The van der Waals surface area contributed by atoms with Crippen LogP contribution < -0.4 is 0 Å². The monoisotopic (exact) mass is 329 g/mol. The van der Waals surface area contributed by atoms with Gasteiger partial charge in [-0.05, 0) is 30.5 Å². The first kappa shape index (κ1) is 18.9. The summed E-state index contributed by atoms with van der Waals surface area (Å²) in [5.74, 6) is 0. The summed E-state index contributed by atoms with van der Waals surface area (Å²) < 4.78 is 0. The number of unbranched alkanes of at least 4 members (excludes halogenated alkanes) is 2. The lowest BCUT2D eigenvalue weighted by atomic mass is 9.95. The highest BCUT2D eigenvalue weighted by Crippen LogP contribution is 2.29. The van der Waals surface area contributed by atoms with E-state index in [0.717, 1.165) is 43.9 Å². The molecule has 24 heavy (non-hydrogen) atoms. The van der Waals surface area contributed by atoms with Gasteiger partial charge in [0.15, 0.2) is 0 Å². The molecule has 132 valence electrons. The number of nitriles is 1. The summed E-state index contributed by atoms with van der Waals surface area (Å²) in [4.78, 5) is 4.92. The van der Waals surface area contributed by atoms with Gasteiger partial charge in [-0.1, -0.05) is 38.3 Å². The first-order valence-electron chi connectivity index (χ1n) is 9.27. The summed E-state index contributed by atoms with van der Waals surface area (Å²) >= 11 is 0. The van der Waals surface area contributed by atoms with E-state index in [-0.39, 0.29) is 6.61 Å². The Labute approximate surface area is 146 Å². The van der Waals surface area contributed by atoms with Gasteiger partial charge in [0.1, 0.15) is 0 Å². The van der Waals surface area contributed by atoms with Crippen LogP contribution >= 0.6 is 0 Å². The molecule has 0 bridgehead atoms. The smallest absolute Gasteiger partial charge is 0.0994 e. The Bertz CT molecular complexity index is 544. The van der Waals surface area contributed by atoms with Crippen molar-refractivity contribution in [3.05, 3.63) is 34.9 Å². The predicted molar refractivity (Wildman–Crippen MR) is 97.9 cm³/mol. The third-order valence-corrected chi connectivity index (χ3v) is 5.10. The van der Waals surface area contributed by atoms with E-state index >= 15 is 0 Å². The fourth-order valence-electron chi connectivity index (χ4n) is 3.61. The molecular weight excluding hydrogens is 298 g/mol. The minimum absolute atomic E-state index is 0.245. The molecule has 1 atom stereocenters. The summed E-state index contributed by atoms with van der Waals surface area (Å²) in [6.45, 7) is 9.46. The Morgan fingerprint density at radius 3 is 2.54 bits per heavy atom. The molecule has 1 aromatic rings. The number of hydrogen-bond donors (Lipinski definition) is 1. The minimum Gasteiger partial charge on any atom is -0.395 e. The van der Waals surface area contributed by atoms with Gasteiger partial charge in [0.05, 0.1) is 18.2 Å². The zero-order valence-corrected chi connectivity index (χ0v) is 15.2. The van der Waals surface area contributed by atoms with E-state index in [0.29, 0.717) is 6.04 Å². The average Bonchev–Trinajstić information content (AvgIpc) is 2.60. The summed E-state index contributed by atoms with van der Waals surface area (Å²) in [6.07, 6.45) is 4.94. The van der Waals surface area contributed by atoms with Crippen LogP contribution in [0.1, 0.15) is 55.3 Å². The first-order chi connectivity index (χ1) is 11.7. The fourth-order valence-corrected chi connectivity index (χ4v) is 3.61. The van der Waals surface area contributed by atoms with E-state index in [1.54, 1.807) is 0 Å². The molecule has 1 unspecified atom stereocenters. The van der Waals surface area contributed by atoms with Gasteiger partial charge < -0.3 is 5.11 Å². The van der Waals surface area contributed by atoms with Gasteiger partial charge >= 0.3 is 0 Å². The molecule has 1 aromatic carbocycles. The van der Waals surface area contributed by atoms with E-state index in [1.807, 2.05) is 13.0 Å². The lowest BCUT2D eigenvalue weighted by molar-refractivity contribution is 0.0792. The van der Waals surface area contributed by atoms with Crippen LogP contribution in [0.3, 0.4) is 0 Å². The Hall–Kier alpha value is -1.41. The van der Waals surface area contributed by atoms with E-state index in [1.165, 1.54) is 31.2 Å². The minimum atomic E-state index is 0.245. The van der Waals surface area contributed by atoms with E-state index in [2.05, 4.69) is 34.9 Å². The zero-order chi connectivity index (χ0) is 17.4. The van der Waals surface area contributed by atoms with Crippen molar-refractivity contribution in [2.24, 2.45) is 0 Å². The number of piperazine rings is 1. The third-order valence-electron chi connectivity index (χ3n) is 5.10. The normalized spacial score (nSPS) is 17.6. The standard InChI is InChI=1S/C20H31N3O/c1-3-4-5-6-20(18-7-8-19(16-21)17(2)15-18)23-11-9-22(10-12-23)13-14-24/h7-8,15,20,24H,3-6,9-14H2,1-2H3. The molecule has 1 aliphatic heterocycles. The van der Waals surface area contributed by atoms with Crippen LogP contribution in [0, 0.1) is 18.3 Å². The van der Waals surface area contributed by atoms with E-state index in [9.17, 15) is 0 Å². The Balaban J connectivity index is 2.10. The number of aliphatic hydroxyl groups is 1. The van der Waals surface area contributed by atoms with Crippen LogP contribution in [0.4, 0.5) is 0 Å². The molecule has 0 amide bonds. The topological polar surface area (TPSA) is 50.5 Å². The zero-order valence-electron chi connectivity index (χ0n) is 15.2.